The Morgan fingerprint density at radius 3 is 2.59 bits per heavy atom. The van der Waals surface area contributed by atoms with E-state index in [1.165, 1.54) is 0 Å². The summed E-state index contributed by atoms with van der Waals surface area (Å²) in [6, 6.07) is 4.77. The smallest absolute Gasteiger partial charge is 0.407 e. The zero-order valence-corrected chi connectivity index (χ0v) is 16.6. The van der Waals surface area contributed by atoms with Crippen molar-refractivity contribution in [2.45, 2.75) is 52.2 Å². The van der Waals surface area contributed by atoms with Gasteiger partial charge < -0.3 is 19.7 Å². The molecule has 1 aromatic rings. The van der Waals surface area contributed by atoms with Crippen LogP contribution in [0.1, 0.15) is 49.5 Å². The number of carbonyl (C=O) groups is 3. The number of nitrogens with one attached hydrogen (secondary N) is 1. The first kappa shape index (κ1) is 20.7. The van der Waals surface area contributed by atoms with Gasteiger partial charge in [0.05, 0.1) is 13.2 Å². The molecule has 0 radical (unpaired) electrons. The summed E-state index contributed by atoms with van der Waals surface area (Å²) in [6.07, 6.45) is 0.274. The molecule has 0 bridgehead atoms. The van der Waals surface area contributed by atoms with E-state index in [0.29, 0.717) is 24.2 Å². The van der Waals surface area contributed by atoms with Crippen LogP contribution >= 0.6 is 0 Å². The molecular weight excluding hydrogens is 348 g/mol. The average molecular weight is 376 g/mol. The lowest BCUT2D eigenvalue weighted by atomic mass is 9.98. The zero-order chi connectivity index (χ0) is 20.2. The average Bonchev–Trinajstić information content (AvgIpc) is 2.93. The zero-order valence-electron chi connectivity index (χ0n) is 16.6. The highest BCUT2D eigenvalue weighted by Crippen LogP contribution is 2.25. The molecule has 0 saturated carbocycles. The van der Waals surface area contributed by atoms with Crippen LogP contribution in [0.4, 0.5) is 4.79 Å². The van der Waals surface area contributed by atoms with Crippen molar-refractivity contribution in [2.75, 3.05) is 20.2 Å². The first-order valence-electron chi connectivity index (χ1n) is 9.07. The van der Waals surface area contributed by atoms with Crippen LogP contribution < -0.4 is 10.1 Å². The number of nitrogens with zero attached hydrogens (tertiary/aromatic N) is 1. The number of hydrogen-bond acceptors (Lipinski definition) is 5. The van der Waals surface area contributed by atoms with Crippen molar-refractivity contribution in [1.82, 2.24) is 10.2 Å². The molecule has 1 atom stereocenters. The van der Waals surface area contributed by atoms with E-state index >= 15 is 0 Å². The molecule has 148 valence electrons. The molecule has 1 aromatic carbocycles. The van der Waals surface area contributed by atoms with Crippen LogP contribution in [0.5, 0.6) is 5.75 Å². The van der Waals surface area contributed by atoms with Gasteiger partial charge in [-0.25, -0.2) is 4.79 Å². The molecule has 0 spiro atoms. The third kappa shape index (κ3) is 5.45. The van der Waals surface area contributed by atoms with Crippen LogP contribution in [0.2, 0.25) is 0 Å². The molecule has 0 aromatic heterocycles. The monoisotopic (exact) mass is 376 g/mol. The van der Waals surface area contributed by atoms with Crippen LogP contribution in [0.25, 0.3) is 0 Å². The van der Waals surface area contributed by atoms with Gasteiger partial charge in [-0.2, -0.15) is 0 Å². The minimum Gasteiger partial charge on any atom is -0.497 e. The Kier molecular flexibility index (Phi) is 6.46. The van der Waals surface area contributed by atoms with Crippen LogP contribution in [0.15, 0.2) is 18.2 Å². The highest BCUT2D eigenvalue weighted by Gasteiger charge is 2.36. The third-order valence-corrected chi connectivity index (χ3v) is 4.35. The Hall–Kier alpha value is -2.57. The van der Waals surface area contributed by atoms with E-state index in [2.05, 4.69) is 5.32 Å². The second-order valence-electron chi connectivity index (χ2n) is 7.62. The van der Waals surface area contributed by atoms with Crippen molar-refractivity contribution in [2.24, 2.45) is 0 Å². The third-order valence-electron chi connectivity index (χ3n) is 4.35. The van der Waals surface area contributed by atoms with E-state index in [0.717, 1.165) is 5.56 Å². The fourth-order valence-electron chi connectivity index (χ4n) is 3.10. The molecule has 7 heteroatoms. The van der Waals surface area contributed by atoms with Gasteiger partial charge in [0.25, 0.3) is 0 Å². The first-order valence-corrected chi connectivity index (χ1v) is 9.07. The highest BCUT2D eigenvalue weighted by atomic mass is 16.6. The SMILES string of the molecule is COc1ccc(C(=O)[C@@H]2CCC(=O)N2CCNC(=O)OC(C)(C)C)c(C)c1. The summed E-state index contributed by atoms with van der Waals surface area (Å²) in [4.78, 5) is 38.5. The topological polar surface area (TPSA) is 84.9 Å². The van der Waals surface area contributed by atoms with Gasteiger partial charge in [-0.05, 0) is 57.9 Å². The number of hydrogen-bond donors (Lipinski definition) is 1. The normalized spacial score (nSPS) is 17.0. The van der Waals surface area contributed by atoms with Gasteiger partial charge in [-0.1, -0.05) is 0 Å². The van der Waals surface area contributed by atoms with Crippen molar-refractivity contribution in [3.8, 4) is 5.75 Å². The molecule has 0 aliphatic carbocycles. The number of amides is 2. The lowest BCUT2D eigenvalue weighted by Gasteiger charge is -2.25. The second kappa shape index (κ2) is 8.41. The molecule has 1 fully saturated rings. The van der Waals surface area contributed by atoms with Gasteiger partial charge in [0.2, 0.25) is 5.91 Å². The van der Waals surface area contributed by atoms with E-state index in [1.54, 1.807) is 51.0 Å². The Balaban J connectivity index is 2.01. The van der Waals surface area contributed by atoms with E-state index in [-0.39, 0.29) is 24.8 Å². The standard InChI is InChI=1S/C20H28N2O5/c1-13-12-14(26-5)6-7-15(13)18(24)16-8-9-17(23)22(16)11-10-21-19(25)27-20(2,3)4/h6-7,12,16H,8-11H2,1-5H3,(H,21,25)/t16-/m0/s1. The number of ketones is 1. The predicted molar refractivity (Wildman–Crippen MR) is 101 cm³/mol. The molecule has 7 nitrogen and oxygen atoms in total. The minimum absolute atomic E-state index is 0.0782. The van der Waals surface area contributed by atoms with Crippen molar-refractivity contribution in [3.05, 3.63) is 29.3 Å². The number of aryl methyl sites for hydroxylation is 1. The number of benzene rings is 1. The number of carbonyl (C=O) groups excluding carboxylic acids is 3. The Morgan fingerprint density at radius 2 is 2.00 bits per heavy atom. The summed E-state index contributed by atoms with van der Waals surface area (Å²) in [5.41, 5.74) is 0.809. The predicted octanol–water partition coefficient (Wildman–Crippen LogP) is 2.70. The molecule has 2 rings (SSSR count). The molecule has 1 N–H and O–H groups in total. The van der Waals surface area contributed by atoms with Crippen LogP contribution in [-0.2, 0) is 9.53 Å². The van der Waals surface area contributed by atoms with Gasteiger partial charge in [0, 0.05) is 25.1 Å². The quantitative estimate of drug-likeness (QED) is 0.772. The maximum absolute atomic E-state index is 13.0. The maximum atomic E-state index is 13.0. The van der Waals surface area contributed by atoms with Gasteiger partial charge in [0.1, 0.15) is 11.4 Å². The second-order valence-corrected chi connectivity index (χ2v) is 7.62. The van der Waals surface area contributed by atoms with Gasteiger partial charge >= 0.3 is 6.09 Å². The van der Waals surface area contributed by atoms with E-state index in [4.69, 9.17) is 9.47 Å². The molecule has 1 aliphatic rings. The molecular formula is C20H28N2O5. The number of methoxy groups -OCH3 is 1. The van der Waals surface area contributed by atoms with Crippen LogP contribution in [0.3, 0.4) is 0 Å². The Labute approximate surface area is 160 Å². The largest absolute Gasteiger partial charge is 0.497 e. The van der Waals surface area contributed by atoms with Crippen LogP contribution in [-0.4, -0.2) is 54.5 Å². The molecule has 0 unspecified atom stereocenters. The Bertz CT molecular complexity index is 724. The molecule has 1 heterocycles. The summed E-state index contributed by atoms with van der Waals surface area (Å²) in [6.45, 7) is 7.68. The number of ether oxygens (including phenoxy) is 2. The van der Waals surface area contributed by atoms with E-state index in [1.807, 2.05) is 6.92 Å². The molecule has 1 aliphatic heterocycles. The molecule has 2 amide bonds. The van der Waals surface area contributed by atoms with E-state index in [9.17, 15) is 14.4 Å². The van der Waals surface area contributed by atoms with Gasteiger partial charge in [0.15, 0.2) is 5.78 Å². The fraction of sp³-hybridized carbons (Fsp3) is 0.550. The van der Waals surface area contributed by atoms with Gasteiger partial charge in [-0.15, -0.1) is 0 Å². The van der Waals surface area contributed by atoms with E-state index < -0.39 is 17.7 Å². The summed E-state index contributed by atoms with van der Waals surface area (Å²) in [5.74, 6) is 0.522. The lowest BCUT2D eigenvalue weighted by molar-refractivity contribution is -0.128. The fourth-order valence-corrected chi connectivity index (χ4v) is 3.10. The van der Waals surface area contributed by atoms with Crippen LogP contribution in [0, 0.1) is 6.92 Å². The summed E-state index contributed by atoms with van der Waals surface area (Å²) >= 11 is 0. The molecule has 27 heavy (non-hydrogen) atoms. The number of alkyl carbamates (subject to hydrolysis) is 1. The van der Waals surface area contributed by atoms with Gasteiger partial charge in [-0.3, -0.25) is 9.59 Å². The number of likely N-dealkylation sites (tertiary alicyclic amines) is 1. The number of Topliss-reactive ketones (excluding diaryl/α,β-unsaturated/α-hetero) is 1. The highest BCUT2D eigenvalue weighted by molar-refractivity contribution is 6.04. The maximum Gasteiger partial charge on any atom is 0.407 e. The van der Waals surface area contributed by atoms with Crippen molar-refractivity contribution >= 4 is 17.8 Å². The minimum atomic E-state index is -0.585. The first-order chi connectivity index (χ1) is 12.6. The lowest BCUT2D eigenvalue weighted by Crippen LogP contribution is -2.44. The van der Waals surface area contributed by atoms with Crippen molar-refractivity contribution in [3.63, 3.8) is 0 Å². The summed E-state index contributed by atoms with van der Waals surface area (Å²) in [5, 5.41) is 2.63. The Morgan fingerprint density at radius 1 is 1.30 bits per heavy atom. The van der Waals surface area contributed by atoms with Crippen molar-refractivity contribution < 1.29 is 23.9 Å². The molecule has 1 saturated heterocycles. The summed E-state index contributed by atoms with van der Waals surface area (Å²) in [7, 11) is 1.57. The number of rotatable bonds is 6. The van der Waals surface area contributed by atoms with Crippen molar-refractivity contribution in [1.29, 1.82) is 0 Å². The summed E-state index contributed by atoms with van der Waals surface area (Å²) < 4.78 is 10.4.